The molecule has 0 aliphatic rings. The predicted octanol–water partition coefficient (Wildman–Crippen LogP) is 2.29. The molecule has 3 aromatic rings. The van der Waals surface area contributed by atoms with E-state index in [0.717, 1.165) is 16.6 Å². The maximum absolute atomic E-state index is 11.3. The van der Waals surface area contributed by atoms with Gasteiger partial charge < -0.3 is 5.11 Å². The average molecular weight is 283 g/mol. The van der Waals surface area contributed by atoms with E-state index in [9.17, 15) is 4.79 Å². The number of aromatic nitrogens is 3. The first-order valence-corrected chi connectivity index (χ1v) is 6.29. The summed E-state index contributed by atoms with van der Waals surface area (Å²) in [6.45, 7) is 0.126. The first-order valence-electron chi connectivity index (χ1n) is 6.29. The van der Waals surface area contributed by atoms with E-state index in [1.165, 1.54) is 0 Å². The van der Waals surface area contributed by atoms with Crippen molar-refractivity contribution < 1.29 is 9.90 Å². The summed E-state index contributed by atoms with van der Waals surface area (Å²) in [7, 11) is 0. The number of nitrogens with zero attached hydrogens (tertiary/aromatic N) is 3. The highest BCUT2D eigenvalue weighted by Crippen LogP contribution is 2.13. The second-order valence-electron chi connectivity index (χ2n) is 4.51. The van der Waals surface area contributed by atoms with E-state index >= 15 is 0 Å². The van der Waals surface area contributed by atoms with Crippen LogP contribution in [0.4, 0.5) is 0 Å². The van der Waals surface area contributed by atoms with Gasteiger partial charge >= 0.3 is 0 Å². The van der Waals surface area contributed by atoms with Crippen LogP contribution in [0.3, 0.4) is 0 Å². The summed E-state index contributed by atoms with van der Waals surface area (Å²) in [5.74, 6) is -0.275. The number of Topliss-reactive ketones (excluding diaryl/α,β-unsaturated/α-hetero) is 1. The molecule has 1 aromatic heterocycles. The second kappa shape index (κ2) is 6.28. The number of ketones is 1. The van der Waals surface area contributed by atoms with Crippen LogP contribution in [0.2, 0.25) is 0 Å². The van der Waals surface area contributed by atoms with E-state index in [4.69, 9.17) is 5.11 Å². The minimum Gasteiger partial charge on any atom is -0.388 e. The Morgan fingerprint density at radius 1 is 1.10 bits per heavy atom. The normalized spacial score (nSPS) is 10.3. The molecule has 5 nitrogen and oxygen atoms in total. The van der Waals surface area contributed by atoms with Crippen molar-refractivity contribution >= 4 is 16.8 Å². The molecule has 0 spiro atoms. The van der Waals surface area contributed by atoms with Gasteiger partial charge in [-0.25, -0.2) is 4.68 Å². The SMILES string of the molecule is C.O=C(CO)c1ccc(Cn2nnc3ccccc32)cc1. The molecular weight excluding hydrogens is 266 g/mol. The molecular formula is C16H17N3O2. The van der Waals surface area contributed by atoms with Gasteiger partial charge in [0.1, 0.15) is 12.1 Å². The van der Waals surface area contributed by atoms with Gasteiger partial charge in [0.15, 0.2) is 5.78 Å². The zero-order valence-electron chi connectivity index (χ0n) is 10.7. The molecule has 1 heterocycles. The Balaban J connectivity index is 0.00000161. The molecule has 108 valence electrons. The second-order valence-corrected chi connectivity index (χ2v) is 4.51. The minimum atomic E-state index is -0.465. The molecule has 0 saturated carbocycles. The van der Waals surface area contributed by atoms with Gasteiger partial charge in [0.25, 0.3) is 0 Å². The quantitative estimate of drug-likeness (QED) is 0.746. The van der Waals surface area contributed by atoms with Crippen LogP contribution in [-0.2, 0) is 6.54 Å². The zero-order valence-corrected chi connectivity index (χ0v) is 10.7. The molecule has 2 aromatic carbocycles. The maximum Gasteiger partial charge on any atom is 0.188 e. The monoisotopic (exact) mass is 283 g/mol. The Bertz CT molecular complexity index is 748. The van der Waals surface area contributed by atoms with Crippen molar-refractivity contribution in [1.82, 2.24) is 15.0 Å². The summed E-state index contributed by atoms with van der Waals surface area (Å²) < 4.78 is 1.82. The number of fused-ring (bicyclic) bond motifs is 1. The molecule has 0 bridgehead atoms. The van der Waals surface area contributed by atoms with Gasteiger partial charge in [-0.2, -0.15) is 0 Å². The van der Waals surface area contributed by atoms with E-state index < -0.39 is 6.61 Å². The predicted molar refractivity (Wildman–Crippen MR) is 81.2 cm³/mol. The van der Waals surface area contributed by atoms with Gasteiger partial charge in [-0.05, 0) is 17.7 Å². The first-order chi connectivity index (χ1) is 9.78. The highest BCUT2D eigenvalue weighted by atomic mass is 16.3. The number of hydrogen-bond donors (Lipinski definition) is 1. The fourth-order valence-electron chi connectivity index (χ4n) is 2.09. The largest absolute Gasteiger partial charge is 0.388 e. The van der Waals surface area contributed by atoms with Crippen molar-refractivity contribution in [2.24, 2.45) is 0 Å². The summed E-state index contributed by atoms with van der Waals surface area (Å²) >= 11 is 0. The molecule has 0 fully saturated rings. The molecule has 3 rings (SSSR count). The van der Waals surface area contributed by atoms with Gasteiger partial charge in [0.05, 0.1) is 12.1 Å². The fourth-order valence-corrected chi connectivity index (χ4v) is 2.09. The topological polar surface area (TPSA) is 68.0 Å². The molecule has 0 amide bonds. The van der Waals surface area contributed by atoms with Crippen LogP contribution in [0, 0.1) is 0 Å². The Hall–Kier alpha value is -2.53. The maximum atomic E-state index is 11.3. The number of aliphatic hydroxyl groups is 1. The smallest absolute Gasteiger partial charge is 0.188 e. The summed E-state index contributed by atoms with van der Waals surface area (Å²) in [5.41, 5.74) is 3.37. The molecule has 0 aliphatic heterocycles. The zero-order chi connectivity index (χ0) is 13.9. The Morgan fingerprint density at radius 2 is 1.81 bits per heavy atom. The van der Waals surface area contributed by atoms with E-state index in [1.54, 1.807) is 12.1 Å². The number of para-hydroxylation sites is 1. The van der Waals surface area contributed by atoms with E-state index in [2.05, 4.69) is 10.3 Å². The van der Waals surface area contributed by atoms with Crippen LogP contribution in [0.1, 0.15) is 23.3 Å². The van der Waals surface area contributed by atoms with Crippen molar-refractivity contribution in [3.63, 3.8) is 0 Å². The molecule has 0 aliphatic carbocycles. The van der Waals surface area contributed by atoms with Crippen molar-refractivity contribution in [3.05, 3.63) is 59.7 Å². The standard InChI is InChI=1S/C15H13N3O2.CH4/c19-10-15(20)12-7-5-11(6-8-12)9-18-14-4-2-1-3-13(14)16-17-18;/h1-8,19H,9-10H2;1H4. The fraction of sp³-hybridized carbons (Fsp3) is 0.188. The van der Waals surface area contributed by atoms with Crippen LogP contribution in [0.25, 0.3) is 11.0 Å². The van der Waals surface area contributed by atoms with Crippen LogP contribution < -0.4 is 0 Å². The average Bonchev–Trinajstić information content (AvgIpc) is 2.91. The Kier molecular flexibility index (Phi) is 4.45. The molecule has 1 N–H and O–H groups in total. The number of carbonyl (C=O) groups excluding carboxylic acids is 1. The summed E-state index contributed by atoms with van der Waals surface area (Å²) in [5, 5.41) is 17.0. The van der Waals surface area contributed by atoms with Crippen molar-refractivity contribution in [3.8, 4) is 0 Å². The number of aliphatic hydroxyl groups excluding tert-OH is 1. The Morgan fingerprint density at radius 3 is 2.52 bits per heavy atom. The molecule has 0 atom stereocenters. The van der Waals surface area contributed by atoms with E-state index in [1.807, 2.05) is 41.1 Å². The number of rotatable bonds is 4. The van der Waals surface area contributed by atoms with Crippen LogP contribution in [0.15, 0.2) is 48.5 Å². The molecule has 0 unspecified atom stereocenters. The molecule has 0 saturated heterocycles. The third-order valence-corrected chi connectivity index (χ3v) is 3.17. The van der Waals surface area contributed by atoms with Crippen LogP contribution >= 0.6 is 0 Å². The lowest BCUT2D eigenvalue weighted by Crippen LogP contribution is -2.05. The van der Waals surface area contributed by atoms with Crippen LogP contribution in [-0.4, -0.2) is 32.5 Å². The Labute approximate surface area is 122 Å². The third kappa shape index (κ3) is 2.98. The lowest BCUT2D eigenvalue weighted by Gasteiger charge is -2.04. The van der Waals surface area contributed by atoms with Crippen LogP contribution in [0.5, 0.6) is 0 Å². The number of hydrogen-bond acceptors (Lipinski definition) is 4. The summed E-state index contributed by atoms with van der Waals surface area (Å²) in [6, 6.07) is 14.9. The molecule has 0 radical (unpaired) electrons. The van der Waals surface area contributed by atoms with Gasteiger partial charge in [-0.1, -0.05) is 49.0 Å². The number of carbonyl (C=O) groups is 1. The van der Waals surface area contributed by atoms with Crippen molar-refractivity contribution in [2.45, 2.75) is 14.0 Å². The lowest BCUT2D eigenvalue weighted by molar-refractivity contribution is 0.0903. The van der Waals surface area contributed by atoms with E-state index in [-0.39, 0.29) is 13.2 Å². The van der Waals surface area contributed by atoms with Crippen molar-refractivity contribution in [2.75, 3.05) is 6.61 Å². The molecule has 5 heteroatoms. The summed E-state index contributed by atoms with van der Waals surface area (Å²) in [6.07, 6.45) is 0. The number of benzene rings is 2. The van der Waals surface area contributed by atoms with Gasteiger partial charge in [-0.15, -0.1) is 5.10 Å². The first kappa shape index (κ1) is 14.9. The summed E-state index contributed by atoms with van der Waals surface area (Å²) in [4.78, 5) is 11.3. The van der Waals surface area contributed by atoms with Gasteiger partial charge in [0, 0.05) is 5.56 Å². The highest BCUT2D eigenvalue weighted by Gasteiger charge is 2.06. The molecule has 21 heavy (non-hydrogen) atoms. The lowest BCUT2D eigenvalue weighted by atomic mass is 10.1. The van der Waals surface area contributed by atoms with Gasteiger partial charge in [-0.3, -0.25) is 4.79 Å². The third-order valence-electron chi connectivity index (χ3n) is 3.17. The minimum absolute atomic E-state index is 0. The van der Waals surface area contributed by atoms with Crippen molar-refractivity contribution in [1.29, 1.82) is 0 Å². The van der Waals surface area contributed by atoms with Gasteiger partial charge in [0.2, 0.25) is 0 Å². The highest BCUT2D eigenvalue weighted by molar-refractivity contribution is 5.96. The van der Waals surface area contributed by atoms with E-state index in [0.29, 0.717) is 12.1 Å².